The van der Waals surface area contributed by atoms with Gasteiger partial charge >= 0.3 is 5.97 Å². The number of carbonyl (C=O) groups is 1. The molecule has 0 radical (unpaired) electrons. The monoisotopic (exact) mass is 193 g/mol. The summed E-state index contributed by atoms with van der Waals surface area (Å²) in [5, 5.41) is 12.4. The second-order valence-corrected chi connectivity index (χ2v) is 3.88. The summed E-state index contributed by atoms with van der Waals surface area (Å²) < 4.78 is 0. The van der Waals surface area contributed by atoms with Crippen LogP contribution in [0.25, 0.3) is 0 Å². The van der Waals surface area contributed by atoms with Crippen LogP contribution in [0.3, 0.4) is 0 Å². The third-order valence-electron chi connectivity index (χ3n) is 3.07. The molecule has 0 amide bonds. The first-order valence-electron chi connectivity index (χ1n) is 5.09. The Kier molecular flexibility index (Phi) is 2.42. The van der Waals surface area contributed by atoms with Crippen LogP contribution in [-0.2, 0) is 4.79 Å². The van der Waals surface area contributed by atoms with Gasteiger partial charge in [-0.2, -0.15) is 0 Å². The van der Waals surface area contributed by atoms with E-state index in [0.29, 0.717) is 0 Å². The van der Waals surface area contributed by atoms with Gasteiger partial charge in [-0.3, -0.25) is 5.32 Å². The van der Waals surface area contributed by atoms with Crippen LogP contribution >= 0.6 is 0 Å². The van der Waals surface area contributed by atoms with Crippen molar-refractivity contribution >= 4 is 5.97 Å². The van der Waals surface area contributed by atoms with Gasteiger partial charge in [0.15, 0.2) is 0 Å². The maximum Gasteiger partial charge on any atom is 0.328 e. The van der Waals surface area contributed by atoms with Gasteiger partial charge in [0.2, 0.25) is 0 Å². The molecule has 1 atom stereocenters. The second-order valence-electron chi connectivity index (χ2n) is 3.88. The summed E-state index contributed by atoms with van der Waals surface area (Å²) in [4.78, 5) is 11.3. The van der Waals surface area contributed by atoms with Crippen molar-refractivity contribution in [3.63, 3.8) is 0 Å². The predicted molar refractivity (Wildman–Crippen MR) is 54.1 cm³/mol. The summed E-state index contributed by atoms with van der Waals surface area (Å²) >= 11 is 0. The van der Waals surface area contributed by atoms with Crippen LogP contribution in [0, 0.1) is 0 Å². The molecule has 0 unspecified atom stereocenters. The van der Waals surface area contributed by atoms with Gasteiger partial charge in [-0.25, -0.2) is 4.79 Å². The summed E-state index contributed by atoms with van der Waals surface area (Å²) in [5.74, 6) is -0.725. The smallest absolute Gasteiger partial charge is 0.328 e. The number of rotatable bonds is 2. The van der Waals surface area contributed by atoms with E-state index in [9.17, 15) is 9.90 Å². The fraction of sp³-hybridized carbons (Fsp3) is 0.545. The van der Waals surface area contributed by atoms with E-state index >= 15 is 0 Å². The minimum atomic E-state index is -0.759. The highest BCUT2D eigenvalue weighted by Crippen LogP contribution is 2.32. The Balaban J connectivity index is 2.26. The number of aliphatic carboxylic acids is 1. The summed E-state index contributed by atoms with van der Waals surface area (Å²) in [5.41, 5.74) is 0.273. The standard InChI is InChI=1S/C11H15NO2/c13-10(14)11(7-4-8-12-11)9-5-2-1-3-6-9/h1-2,6,12H,3-5,7-8H2,(H,13,14)/t11-/m1/s1. The Bertz CT molecular complexity index is 298. The fourth-order valence-corrected chi connectivity index (χ4v) is 2.29. The van der Waals surface area contributed by atoms with Gasteiger partial charge in [-0.15, -0.1) is 0 Å². The number of carboxylic acids is 1. The summed E-state index contributed by atoms with van der Waals surface area (Å²) in [6, 6.07) is 0. The molecule has 2 rings (SSSR count). The van der Waals surface area contributed by atoms with Gasteiger partial charge < -0.3 is 5.11 Å². The van der Waals surface area contributed by atoms with Crippen LogP contribution in [0.4, 0.5) is 0 Å². The number of carboxylic acid groups (broad SMARTS) is 1. The summed E-state index contributed by atoms with van der Waals surface area (Å²) in [6.45, 7) is 0.813. The molecule has 0 aromatic heterocycles. The number of hydrogen-bond donors (Lipinski definition) is 2. The Hall–Kier alpha value is -1.09. The molecule has 76 valence electrons. The highest BCUT2D eigenvalue weighted by Gasteiger charge is 2.43. The lowest BCUT2D eigenvalue weighted by atomic mass is 9.84. The number of hydrogen-bond acceptors (Lipinski definition) is 2. The van der Waals surface area contributed by atoms with E-state index in [1.807, 2.05) is 6.08 Å². The van der Waals surface area contributed by atoms with Crippen molar-refractivity contribution in [1.29, 1.82) is 0 Å². The molecule has 0 saturated carbocycles. The van der Waals surface area contributed by atoms with Crippen LogP contribution in [0.15, 0.2) is 23.8 Å². The van der Waals surface area contributed by atoms with E-state index in [-0.39, 0.29) is 0 Å². The minimum Gasteiger partial charge on any atom is -0.480 e. The maximum absolute atomic E-state index is 11.3. The lowest BCUT2D eigenvalue weighted by molar-refractivity contribution is -0.142. The van der Waals surface area contributed by atoms with Crippen molar-refractivity contribution in [1.82, 2.24) is 5.32 Å². The van der Waals surface area contributed by atoms with E-state index < -0.39 is 11.5 Å². The number of nitrogens with one attached hydrogen (secondary N) is 1. The molecule has 1 aliphatic heterocycles. The van der Waals surface area contributed by atoms with Crippen molar-refractivity contribution in [2.45, 2.75) is 31.2 Å². The zero-order valence-corrected chi connectivity index (χ0v) is 8.12. The molecule has 0 bridgehead atoms. The van der Waals surface area contributed by atoms with E-state index in [2.05, 4.69) is 17.5 Å². The molecular weight excluding hydrogens is 178 g/mol. The van der Waals surface area contributed by atoms with Crippen molar-refractivity contribution in [2.75, 3.05) is 6.54 Å². The molecule has 14 heavy (non-hydrogen) atoms. The first-order valence-corrected chi connectivity index (χ1v) is 5.09. The molecular formula is C11H15NO2. The second kappa shape index (κ2) is 3.58. The topological polar surface area (TPSA) is 49.3 Å². The molecule has 2 N–H and O–H groups in total. The van der Waals surface area contributed by atoms with Gasteiger partial charge in [0.25, 0.3) is 0 Å². The van der Waals surface area contributed by atoms with Gasteiger partial charge in [-0.1, -0.05) is 18.2 Å². The van der Waals surface area contributed by atoms with E-state index in [1.54, 1.807) is 0 Å². The average Bonchev–Trinajstić information content (AvgIpc) is 2.69. The summed E-state index contributed by atoms with van der Waals surface area (Å²) in [7, 11) is 0. The zero-order chi connectivity index (χ0) is 10.0. The SMILES string of the molecule is O=C(O)[C@]1(C2=CCC=CC2)CCCN1. The molecule has 1 saturated heterocycles. The van der Waals surface area contributed by atoms with Crippen molar-refractivity contribution in [3.05, 3.63) is 23.8 Å². The molecule has 0 spiro atoms. The Labute approximate surface area is 83.5 Å². The Morgan fingerprint density at radius 1 is 1.50 bits per heavy atom. The molecule has 1 heterocycles. The quantitative estimate of drug-likeness (QED) is 0.653. The van der Waals surface area contributed by atoms with Gasteiger partial charge in [-0.05, 0) is 37.8 Å². The third-order valence-corrected chi connectivity index (χ3v) is 3.07. The van der Waals surface area contributed by atoms with Crippen LogP contribution < -0.4 is 5.32 Å². The zero-order valence-electron chi connectivity index (χ0n) is 8.12. The molecule has 1 fully saturated rings. The normalized spacial score (nSPS) is 31.6. The van der Waals surface area contributed by atoms with E-state index in [0.717, 1.165) is 37.8 Å². The van der Waals surface area contributed by atoms with E-state index in [4.69, 9.17) is 0 Å². The third kappa shape index (κ3) is 1.38. The first kappa shape index (κ1) is 9.46. The fourth-order valence-electron chi connectivity index (χ4n) is 2.29. The van der Waals surface area contributed by atoms with Gasteiger partial charge in [0, 0.05) is 0 Å². The van der Waals surface area contributed by atoms with Crippen LogP contribution in [0.5, 0.6) is 0 Å². The predicted octanol–water partition coefficient (Wildman–Crippen LogP) is 1.47. The van der Waals surface area contributed by atoms with Gasteiger partial charge in [0.1, 0.15) is 5.54 Å². The van der Waals surface area contributed by atoms with Crippen LogP contribution in [-0.4, -0.2) is 23.2 Å². The van der Waals surface area contributed by atoms with Crippen molar-refractivity contribution < 1.29 is 9.90 Å². The summed E-state index contributed by atoms with van der Waals surface area (Å²) in [6.07, 6.45) is 9.50. The molecule has 1 aliphatic carbocycles. The first-order chi connectivity index (χ1) is 6.76. The minimum absolute atomic E-state index is 0.724. The average molecular weight is 193 g/mol. The van der Waals surface area contributed by atoms with Crippen molar-refractivity contribution in [3.8, 4) is 0 Å². The molecule has 3 nitrogen and oxygen atoms in total. The maximum atomic E-state index is 11.3. The van der Waals surface area contributed by atoms with Crippen LogP contribution in [0.1, 0.15) is 25.7 Å². The van der Waals surface area contributed by atoms with Crippen molar-refractivity contribution in [2.24, 2.45) is 0 Å². The lowest BCUT2D eigenvalue weighted by Gasteiger charge is -2.28. The highest BCUT2D eigenvalue weighted by atomic mass is 16.4. The molecule has 2 aliphatic rings. The molecule has 0 aromatic carbocycles. The molecule has 0 aromatic rings. The van der Waals surface area contributed by atoms with E-state index in [1.165, 1.54) is 0 Å². The van der Waals surface area contributed by atoms with Crippen LogP contribution in [0.2, 0.25) is 0 Å². The number of allylic oxidation sites excluding steroid dienone is 3. The Morgan fingerprint density at radius 3 is 2.86 bits per heavy atom. The highest BCUT2D eigenvalue weighted by molar-refractivity contribution is 5.84. The van der Waals surface area contributed by atoms with Gasteiger partial charge in [0.05, 0.1) is 0 Å². The largest absolute Gasteiger partial charge is 0.480 e. The Morgan fingerprint density at radius 2 is 2.36 bits per heavy atom. The molecule has 3 heteroatoms. The lowest BCUT2D eigenvalue weighted by Crippen LogP contribution is -2.49.